The van der Waals surface area contributed by atoms with Crippen LogP contribution in [0.15, 0.2) is 35.0 Å². The van der Waals surface area contributed by atoms with E-state index in [0.29, 0.717) is 33.6 Å². The lowest BCUT2D eigenvalue weighted by molar-refractivity contribution is 0.0683. The number of rotatable bonds is 3. The lowest BCUT2D eigenvalue weighted by atomic mass is 10.0. The Morgan fingerprint density at radius 1 is 1.31 bits per heavy atom. The smallest absolute Gasteiger partial charge is 0.356 e. The number of benzene rings is 1. The lowest BCUT2D eigenvalue weighted by Crippen LogP contribution is -2.13. The van der Waals surface area contributed by atoms with Crippen molar-refractivity contribution in [1.29, 1.82) is 0 Å². The average molecular weight is 407 g/mol. The molecule has 0 amide bonds. The third-order valence-corrected chi connectivity index (χ3v) is 5.26. The van der Waals surface area contributed by atoms with E-state index < -0.39 is 5.97 Å². The van der Waals surface area contributed by atoms with E-state index >= 15 is 0 Å². The zero-order valence-corrected chi connectivity index (χ0v) is 15.6. The Morgan fingerprint density at radius 3 is 2.85 bits per heavy atom. The Balaban J connectivity index is 1.97. The molecule has 1 aromatic carbocycles. The summed E-state index contributed by atoms with van der Waals surface area (Å²) in [6.45, 7) is 0.544. The molecule has 1 N–H and O–H groups in total. The Labute approximate surface area is 163 Å². The Bertz CT molecular complexity index is 1030. The van der Waals surface area contributed by atoms with E-state index in [-0.39, 0.29) is 12.3 Å². The highest BCUT2D eigenvalue weighted by Gasteiger charge is 2.29. The van der Waals surface area contributed by atoms with E-state index in [0.717, 1.165) is 11.1 Å². The molecule has 26 heavy (non-hydrogen) atoms. The summed E-state index contributed by atoms with van der Waals surface area (Å²) < 4.78 is 7.18. The number of ether oxygens (including phenoxy) is 1. The number of hydrogen-bond donors (Lipinski definition) is 1. The molecule has 3 aromatic rings. The molecule has 0 radical (unpaired) electrons. The van der Waals surface area contributed by atoms with E-state index in [4.69, 9.17) is 27.9 Å². The summed E-state index contributed by atoms with van der Waals surface area (Å²) in [6, 6.07) is 7.01. The fourth-order valence-electron chi connectivity index (χ4n) is 2.92. The highest BCUT2D eigenvalue weighted by molar-refractivity contribution is 7.08. The summed E-state index contributed by atoms with van der Waals surface area (Å²) in [6.07, 6.45) is 1.97. The molecule has 0 atom stereocenters. The molecule has 0 spiro atoms. The largest absolute Gasteiger partial charge is 0.476 e. The highest BCUT2D eigenvalue weighted by Crippen LogP contribution is 2.34. The van der Waals surface area contributed by atoms with E-state index in [1.54, 1.807) is 34.2 Å². The second kappa shape index (κ2) is 6.89. The summed E-state index contributed by atoms with van der Waals surface area (Å²) in [5.74, 6) is -1.11. The van der Waals surface area contributed by atoms with Gasteiger partial charge in [0, 0.05) is 16.2 Å². The molecule has 0 aliphatic carbocycles. The summed E-state index contributed by atoms with van der Waals surface area (Å²) in [7, 11) is 0. The molecule has 3 heterocycles. The topological polar surface area (TPSA) is 64.3 Å². The molecule has 0 unspecified atom stereocenters. The molecular weight excluding hydrogens is 395 g/mol. The van der Waals surface area contributed by atoms with Crippen molar-refractivity contribution in [2.45, 2.75) is 6.61 Å². The summed E-state index contributed by atoms with van der Waals surface area (Å²) >= 11 is 13.9. The summed E-state index contributed by atoms with van der Waals surface area (Å²) in [5.41, 5.74) is 3.63. The number of carboxylic acid groups (broad SMARTS) is 1. The number of carbonyl (C=O) groups is 1. The van der Waals surface area contributed by atoms with Gasteiger partial charge in [0.15, 0.2) is 5.69 Å². The molecule has 0 saturated carbocycles. The molecule has 1 aliphatic rings. The van der Waals surface area contributed by atoms with Gasteiger partial charge in [-0.2, -0.15) is 16.4 Å². The maximum absolute atomic E-state index is 11.7. The first kappa shape index (κ1) is 17.3. The van der Waals surface area contributed by atoms with Gasteiger partial charge in [-0.1, -0.05) is 23.2 Å². The van der Waals surface area contributed by atoms with Crippen molar-refractivity contribution < 1.29 is 14.6 Å². The van der Waals surface area contributed by atoms with Crippen molar-refractivity contribution in [2.75, 3.05) is 6.61 Å². The van der Waals surface area contributed by atoms with Crippen LogP contribution in [0.1, 0.15) is 27.3 Å². The van der Waals surface area contributed by atoms with Crippen molar-refractivity contribution in [3.63, 3.8) is 0 Å². The van der Waals surface area contributed by atoms with Crippen molar-refractivity contribution in [2.24, 2.45) is 0 Å². The van der Waals surface area contributed by atoms with Crippen LogP contribution in [0.2, 0.25) is 10.0 Å². The van der Waals surface area contributed by atoms with Gasteiger partial charge >= 0.3 is 5.97 Å². The second-order valence-corrected chi connectivity index (χ2v) is 7.33. The second-order valence-electron chi connectivity index (χ2n) is 5.71. The average Bonchev–Trinajstić information content (AvgIpc) is 3.23. The molecule has 1 aliphatic heterocycles. The fourth-order valence-corrected chi connectivity index (χ4v) is 4.02. The number of fused-ring (bicyclic) bond motifs is 1. The highest BCUT2D eigenvalue weighted by atomic mass is 35.5. The van der Waals surface area contributed by atoms with Crippen LogP contribution in [0.25, 0.3) is 17.3 Å². The third-order valence-electron chi connectivity index (χ3n) is 4.02. The molecule has 5 nitrogen and oxygen atoms in total. The molecule has 8 heteroatoms. The quantitative estimate of drug-likeness (QED) is 0.663. The van der Waals surface area contributed by atoms with Gasteiger partial charge in [0.25, 0.3) is 0 Å². The van der Waals surface area contributed by atoms with Gasteiger partial charge in [0.2, 0.25) is 0 Å². The normalized spacial score (nSPS) is 15.2. The van der Waals surface area contributed by atoms with Gasteiger partial charge in [0.05, 0.1) is 29.6 Å². The number of halogens is 2. The van der Waals surface area contributed by atoms with E-state index in [1.165, 1.54) is 0 Å². The first-order valence-electron chi connectivity index (χ1n) is 7.66. The van der Waals surface area contributed by atoms with Crippen molar-refractivity contribution in [3.8, 4) is 5.69 Å². The molecule has 0 bridgehead atoms. The maximum Gasteiger partial charge on any atom is 0.356 e. The molecule has 4 rings (SSSR count). The van der Waals surface area contributed by atoms with Crippen molar-refractivity contribution in [1.82, 2.24) is 9.78 Å². The lowest BCUT2D eigenvalue weighted by Gasteiger charge is -2.19. The van der Waals surface area contributed by atoms with Crippen LogP contribution >= 0.6 is 34.5 Å². The molecule has 0 saturated heterocycles. The van der Waals surface area contributed by atoms with Crippen LogP contribution in [0, 0.1) is 0 Å². The number of aromatic carboxylic acids is 1. The van der Waals surface area contributed by atoms with Gasteiger partial charge in [0.1, 0.15) is 0 Å². The van der Waals surface area contributed by atoms with Gasteiger partial charge in [-0.05, 0) is 46.7 Å². The SMILES string of the molecule is O=C(O)c1nn(-c2ccc(Cl)cc2Cl)c2c1COC/C2=C/c1ccsc1. The molecular formula is C18H12Cl2N2O3S. The zero-order valence-electron chi connectivity index (χ0n) is 13.3. The van der Waals surface area contributed by atoms with E-state index in [2.05, 4.69) is 5.10 Å². The minimum absolute atomic E-state index is 0.0399. The maximum atomic E-state index is 11.7. The van der Waals surface area contributed by atoms with Crippen molar-refractivity contribution >= 4 is 52.2 Å². The minimum Gasteiger partial charge on any atom is -0.476 e. The monoisotopic (exact) mass is 406 g/mol. The Kier molecular flexibility index (Phi) is 4.58. The van der Waals surface area contributed by atoms with Crippen LogP contribution < -0.4 is 0 Å². The summed E-state index contributed by atoms with van der Waals surface area (Å²) in [5, 5.41) is 18.7. The Hall–Kier alpha value is -2.12. The minimum atomic E-state index is -1.11. The van der Waals surface area contributed by atoms with Gasteiger partial charge in [-0.3, -0.25) is 0 Å². The van der Waals surface area contributed by atoms with Crippen LogP contribution in [0.4, 0.5) is 0 Å². The van der Waals surface area contributed by atoms with E-state index in [9.17, 15) is 9.90 Å². The number of carboxylic acids is 1. The number of aromatic nitrogens is 2. The predicted molar refractivity (Wildman–Crippen MR) is 102 cm³/mol. The first-order chi connectivity index (χ1) is 12.5. The molecule has 2 aromatic heterocycles. The van der Waals surface area contributed by atoms with Crippen LogP contribution in [-0.4, -0.2) is 27.5 Å². The van der Waals surface area contributed by atoms with Gasteiger partial charge in [-0.25, -0.2) is 9.48 Å². The van der Waals surface area contributed by atoms with Crippen molar-refractivity contribution in [3.05, 3.63) is 67.6 Å². The van der Waals surface area contributed by atoms with Crippen LogP contribution in [0.5, 0.6) is 0 Å². The van der Waals surface area contributed by atoms with Gasteiger partial charge < -0.3 is 9.84 Å². The zero-order chi connectivity index (χ0) is 18.3. The Morgan fingerprint density at radius 2 is 2.15 bits per heavy atom. The molecule has 0 fully saturated rings. The van der Waals surface area contributed by atoms with Crippen LogP contribution in [-0.2, 0) is 11.3 Å². The first-order valence-corrected chi connectivity index (χ1v) is 9.36. The van der Waals surface area contributed by atoms with E-state index in [1.807, 2.05) is 22.9 Å². The molecule has 132 valence electrons. The third kappa shape index (κ3) is 3.05. The van der Waals surface area contributed by atoms with Crippen LogP contribution in [0.3, 0.4) is 0 Å². The summed E-state index contributed by atoms with van der Waals surface area (Å²) in [4.78, 5) is 11.7. The predicted octanol–water partition coefficient (Wildman–Crippen LogP) is 5.01. The number of hydrogen-bond acceptors (Lipinski definition) is 4. The fraction of sp³-hybridized carbons (Fsp3) is 0.111. The standard InChI is InChI=1S/C18H12Cl2N2O3S/c19-12-1-2-15(14(20)6-12)22-17-11(5-10-3-4-26-9-10)7-25-8-13(17)16(21-22)18(23)24/h1-6,9H,7-8H2,(H,23,24)/b11-5-. The number of nitrogens with zero attached hydrogens (tertiary/aromatic N) is 2. The number of thiophene rings is 1. The van der Waals surface area contributed by atoms with Gasteiger partial charge in [-0.15, -0.1) is 0 Å².